The number of anilines is 1. The molecular weight excluding hydrogens is 294 g/mol. The van der Waals surface area contributed by atoms with Crippen LogP contribution >= 0.6 is 23.4 Å². The van der Waals surface area contributed by atoms with E-state index in [1.807, 2.05) is 24.3 Å². The maximum atomic E-state index is 11.7. The molecule has 0 aliphatic carbocycles. The zero-order chi connectivity index (χ0) is 14.4. The third-order valence-electron chi connectivity index (χ3n) is 2.56. The molecule has 0 fully saturated rings. The standard InChI is InChI=1S/C14H14ClN3OS/c15-12-4-2-1-3-10(12)7-18-14(19)9-20-11-5-6-13(16)17-8-11/h1-6,8H,7,9H2,(H2,16,17)(H,18,19). The number of amides is 1. The van der Waals surface area contributed by atoms with E-state index >= 15 is 0 Å². The van der Waals surface area contributed by atoms with Crippen molar-refractivity contribution in [3.8, 4) is 0 Å². The Morgan fingerprint density at radius 3 is 2.80 bits per heavy atom. The molecule has 4 nitrogen and oxygen atoms in total. The Kier molecular flexibility index (Phi) is 5.26. The lowest BCUT2D eigenvalue weighted by molar-refractivity contribution is -0.118. The van der Waals surface area contributed by atoms with E-state index in [1.165, 1.54) is 11.8 Å². The van der Waals surface area contributed by atoms with E-state index in [4.69, 9.17) is 17.3 Å². The smallest absolute Gasteiger partial charge is 0.230 e. The van der Waals surface area contributed by atoms with Gasteiger partial charge in [-0.25, -0.2) is 4.98 Å². The minimum atomic E-state index is -0.0493. The number of carbonyl (C=O) groups is 1. The molecule has 0 saturated heterocycles. The lowest BCUT2D eigenvalue weighted by atomic mass is 10.2. The number of nitrogens with zero attached hydrogens (tertiary/aromatic N) is 1. The number of nitrogens with one attached hydrogen (secondary N) is 1. The Morgan fingerprint density at radius 1 is 1.30 bits per heavy atom. The number of hydrogen-bond acceptors (Lipinski definition) is 4. The van der Waals surface area contributed by atoms with Gasteiger partial charge in [0.1, 0.15) is 5.82 Å². The number of pyridine rings is 1. The van der Waals surface area contributed by atoms with Crippen molar-refractivity contribution in [2.75, 3.05) is 11.5 Å². The van der Waals surface area contributed by atoms with Crippen LogP contribution in [0.5, 0.6) is 0 Å². The number of halogens is 1. The van der Waals surface area contributed by atoms with Gasteiger partial charge in [-0.2, -0.15) is 0 Å². The Hall–Kier alpha value is -1.72. The maximum absolute atomic E-state index is 11.7. The minimum absolute atomic E-state index is 0.0493. The fourth-order valence-electron chi connectivity index (χ4n) is 1.51. The van der Waals surface area contributed by atoms with Crippen molar-refractivity contribution >= 4 is 35.1 Å². The Bertz CT molecular complexity index is 589. The average molecular weight is 308 g/mol. The number of nitrogen functional groups attached to an aromatic ring is 1. The third-order valence-corrected chi connectivity index (χ3v) is 3.91. The lowest BCUT2D eigenvalue weighted by Crippen LogP contribution is -2.24. The van der Waals surface area contributed by atoms with Gasteiger partial charge in [-0.3, -0.25) is 4.79 Å². The molecule has 0 spiro atoms. The number of nitrogens with two attached hydrogens (primary N) is 1. The van der Waals surface area contributed by atoms with E-state index in [9.17, 15) is 4.79 Å². The second kappa shape index (κ2) is 7.17. The largest absolute Gasteiger partial charge is 0.384 e. The molecule has 0 aliphatic heterocycles. The molecule has 1 heterocycles. The predicted octanol–water partition coefficient (Wildman–Crippen LogP) is 2.73. The first-order valence-electron chi connectivity index (χ1n) is 5.99. The molecule has 1 aromatic heterocycles. The van der Waals surface area contributed by atoms with E-state index in [0.717, 1.165) is 10.5 Å². The van der Waals surface area contributed by atoms with Crippen LogP contribution < -0.4 is 11.1 Å². The molecule has 1 aromatic carbocycles. The first-order chi connectivity index (χ1) is 9.65. The summed E-state index contributed by atoms with van der Waals surface area (Å²) in [7, 11) is 0. The predicted molar refractivity (Wildman–Crippen MR) is 82.7 cm³/mol. The van der Waals surface area contributed by atoms with Gasteiger partial charge in [0.15, 0.2) is 0 Å². The summed E-state index contributed by atoms with van der Waals surface area (Å²) in [6.45, 7) is 0.430. The van der Waals surface area contributed by atoms with Gasteiger partial charge in [0, 0.05) is 22.7 Å². The first kappa shape index (κ1) is 14.7. The molecule has 0 atom stereocenters. The Labute approximate surface area is 126 Å². The Morgan fingerprint density at radius 2 is 2.10 bits per heavy atom. The van der Waals surface area contributed by atoms with Crippen molar-refractivity contribution < 1.29 is 4.79 Å². The van der Waals surface area contributed by atoms with Crippen LogP contribution in [-0.2, 0) is 11.3 Å². The number of benzene rings is 1. The van der Waals surface area contributed by atoms with Gasteiger partial charge in [0.05, 0.1) is 5.75 Å². The topological polar surface area (TPSA) is 68.0 Å². The van der Waals surface area contributed by atoms with E-state index in [2.05, 4.69) is 10.3 Å². The third kappa shape index (κ3) is 4.43. The van der Waals surface area contributed by atoms with E-state index in [1.54, 1.807) is 18.3 Å². The monoisotopic (exact) mass is 307 g/mol. The molecule has 3 N–H and O–H groups in total. The molecular formula is C14H14ClN3OS. The molecule has 0 aliphatic rings. The summed E-state index contributed by atoms with van der Waals surface area (Å²) in [6, 6.07) is 11.0. The minimum Gasteiger partial charge on any atom is -0.384 e. The maximum Gasteiger partial charge on any atom is 0.230 e. The van der Waals surface area contributed by atoms with Crippen LogP contribution in [0, 0.1) is 0 Å². The highest BCUT2D eigenvalue weighted by Gasteiger charge is 2.05. The summed E-state index contributed by atoms with van der Waals surface area (Å²) in [5.41, 5.74) is 6.40. The molecule has 104 valence electrons. The van der Waals surface area contributed by atoms with Crippen LogP contribution in [0.15, 0.2) is 47.5 Å². The molecule has 2 rings (SSSR count). The van der Waals surface area contributed by atoms with E-state index in [0.29, 0.717) is 23.1 Å². The van der Waals surface area contributed by atoms with Crippen LogP contribution in [0.25, 0.3) is 0 Å². The summed E-state index contributed by atoms with van der Waals surface area (Å²) >= 11 is 7.43. The van der Waals surface area contributed by atoms with Crippen LogP contribution in [-0.4, -0.2) is 16.6 Å². The van der Waals surface area contributed by atoms with Crippen molar-refractivity contribution in [1.29, 1.82) is 0 Å². The summed E-state index contributed by atoms with van der Waals surface area (Å²) in [5.74, 6) is 0.750. The Balaban J connectivity index is 1.78. The van der Waals surface area contributed by atoms with Gasteiger partial charge >= 0.3 is 0 Å². The highest BCUT2D eigenvalue weighted by molar-refractivity contribution is 8.00. The van der Waals surface area contributed by atoms with Crippen LogP contribution in [0.4, 0.5) is 5.82 Å². The number of rotatable bonds is 5. The summed E-state index contributed by atoms with van der Waals surface area (Å²) in [4.78, 5) is 16.6. The molecule has 20 heavy (non-hydrogen) atoms. The second-order valence-electron chi connectivity index (χ2n) is 4.08. The highest BCUT2D eigenvalue weighted by Crippen LogP contribution is 2.17. The average Bonchev–Trinajstić information content (AvgIpc) is 2.46. The number of hydrogen-bond donors (Lipinski definition) is 2. The number of thioether (sulfide) groups is 1. The van der Waals surface area contributed by atoms with Crippen molar-refractivity contribution in [3.63, 3.8) is 0 Å². The summed E-state index contributed by atoms with van der Waals surface area (Å²) in [6.07, 6.45) is 1.65. The van der Waals surface area contributed by atoms with Gasteiger partial charge < -0.3 is 11.1 Å². The quantitative estimate of drug-likeness (QED) is 0.833. The van der Waals surface area contributed by atoms with Crippen LogP contribution in [0.1, 0.15) is 5.56 Å². The SMILES string of the molecule is Nc1ccc(SCC(=O)NCc2ccccc2Cl)cn1. The number of carbonyl (C=O) groups excluding carboxylic acids is 1. The molecule has 6 heteroatoms. The zero-order valence-corrected chi connectivity index (χ0v) is 12.2. The lowest BCUT2D eigenvalue weighted by Gasteiger charge is -2.06. The van der Waals surface area contributed by atoms with Crippen LogP contribution in [0.2, 0.25) is 5.02 Å². The van der Waals surface area contributed by atoms with Gasteiger partial charge in [-0.05, 0) is 23.8 Å². The molecule has 0 unspecified atom stereocenters. The van der Waals surface area contributed by atoms with Gasteiger partial charge in [-0.1, -0.05) is 29.8 Å². The highest BCUT2D eigenvalue weighted by atomic mass is 35.5. The van der Waals surface area contributed by atoms with Crippen molar-refractivity contribution in [3.05, 3.63) is 53.2 Å². The summed E-state index contributed by atoms with van der Waals surface area (Å²) < 4.78 is 0. The second-order valence-corrected chi connectivity index (χ2v) is 5.53. The fourth-order valence-corrected chi connectivity index (χ4v) is 2.41. The number of aromatic nitrogens is 1. The van der Waals surface area contributed by atoms with Crippen molar-refractivity contribution in [1.82, 2.24) is 10.3 Å². The molecule has 0 radical (unpaired) electrons. The molecule has 1 amide bonds. The van der Waals surface area contributed by atoms with E-state index in [-0.39, 0.29) is 5.91 Å². The van der Waals surface area contributed by atoms with E-state index < -0.39 is 0 Å². The first-order valence-corrected chi connectivity index (χ1v) is 7.36. The summed E-state index contributed by atoms with van der Waals surface area (Å²) in [5, 5.41) is 3.49. The van der Waals surface area contributed by atoms with Crippen molar-refractivity contribution in [2.45, 2.75) is 11.4 Å². The van der Waals surface area contributed by atoms with Gasteiger partial charge in [0.25, 0.3) is 0 Å². The molecule has 0 bridgehead atoms. The van der Waals surface area contributed by atoms with Crippen LogP contribution in [0.3, 0.4) is 0 Å². The van der Waals surface area contributed by atoms with Gasteiger partial charge in [0.2, 0.25) is 5.91 Å². The molecule has 2 aromatic rings. The van der Waals surface area contributed by atoms with Gasteiger partial charge in [-0.15, -0.1) is 11.8 Å². The normalized spacial score (nSPS) is 10.2. The van der Waals surface area contributed by atoms with Crippen molar-refractivity contribution in [2.24, 2.45) is 0 Å². The zero-order valence-electron chi connectivity index (χ0n) is 10.7. The molecule has 0 saturated carbocycles. The fraction of sp³-hybridized carbons (Fsp3) is 0.143.